The van der Waals surface area contributed by atoms with Gasteiger partial charge in [-0.3, -0.25) is 14.5 Å². The number of hydrogen-bond acceptors (Lipinski definition) is 4. The van der Waals surface area contributed by atoms with Crippen molar-refractivity contribution in [2.24, 2.45) is 0 Å². The third kappa shape index (κ3) is 4.03. The molecule has 1 aromatic rings. The molecular formula is C18H23NO3S. The number of benzene rings is 1. The van der Waals surface area contributed by atoms with Gasteiger partial charge in [0.15, 0.2) is 0 Å². The maximum atomic E-state index is 12.7. The Kier molecular flexibility index (Phi) is 6.02. The van der Waals surface area contributed by atoms with Crippen LogP contribution in [0, 0.1) is 6.92 Å². The number of imide groups is 1. The first-order valence-corrected chi connectivity index (χ1v) is 8.86. The zero-order valence-electron chi connectivity index (χ0n) is 14.1. The van der Waals surface area contributed by atoms with Crippen molar-refractivity contribution in [1.82, 2.24) is 4.90 Å². The molecule has 1 aliphatic rings. The fourth-order valence-electron chi connectivity index (χ4n) is 2.39. The Balaban J connectivity index is 2.27. The highest BCUT2D eigenvalue weighted by molar-refractivity contribution is 8.04. The number of amides is 2. The Morgan fingerprint density at radius 1 is 1.13 bits per heavy atom. The van der Waals surface area contributed by atoms with Gasteiger partial charge in [-0.15, -0.1) is 11.8 Å². The van der Waals surface area contributed by atoms with Crippen LogP contribution >= 0.6 is 11.8 Å². The topological polar surface area (TPSA) is 46.6 Å². The number of carbonyl (C=O) groups is 2. The Hall–Kier alpha value is -1.59. The maximum absolute atomic E-state index is 12.7. The second-order valence-corrected chi connectivity index (χ2v) is 6.96. The normalized spacial score (nSPS) is 15.3. The predicted molar refractivity (Wildman–Crippen MR) is 94.0 cm³/mol. The van der Waals surface area contributed by atoms with Gasteiger partial charge in [-0.1, -0.05) is 36.8 Å². The lowest BCUT2D eigenvalue weighted by Crippen LogP contribution is -2.35. The molecular weight excluding hydrogens is 310 g/mol. The van der Waals surface area contributed by atoms with Crippen molar-refractivity contribution in [2.45, 2.75) is 33.8 Å². The van der Waals surface area contributed by atoms with Gasteiger partial charge in [-0.05, 0) is 32.1 Å². The predicted octanol–water partition coefficient (Wildman–Crippen LogP) is 3.25. The molecule has 1 heterocycles. The lowest BCUT2D eigenvalue weighted by atomic mass is 10.0. The van der Waals surface area contributed by atoms with Gasteiger partial charge < -0.3 is 4.74 Å². The molecule has 0 spiro atoms. The molecule has 0 atom stereocenters. The fraction of sp³-hybridized carbons (Fsp3) is 0.444. The van der Waals surface area contributed by atoms with Gasteiger partial charge in [-0.2, -0.15) is 0 Å². The largest absolute Gasteiger partial charge is 0.377 e. The molecule has 23 heavy (non-hydrogen) atoms. The van der Waals surface area contributed by atoms with E-state index in [9.17, 15) is 9.59 Å². The fourth-order valence-corrected chi connectivity index (χ4v) is 3.26. The van der Waals surface area contributed by atoms with Gasteiger partial charge in [0.05, 0.1) is 29.7 Å². The molecule has 2 rings (SSSR count). The van der Waals surface area contributed by atoms with Crippen molar-refractivity contribution in [3.8, 4) is 0 Å². The summed E-state index contributed by atoms with van der Waals surface area (Å²) in [5.74, 6) is 0.326. The average molecular weight is 333 g/mol. The number of nitrogens with zero attached hydrogens (tertiary/aromatic N) is 1. The minimum Gasteiger partial charge on any atom is -0.377 e. The summed E-state index contributed by atoms with van der Waals surface area (Å²) in [6.07, 6.45) is 0.0804. The van der Waals surface area contributed by atoms with E-state index in [0.29, 0.717) is 23.6 Å². The van der Waals surface area contributed by atoms with E-state index in [1.54, 1.807) is 0 Å². The van der Waals surface area contributed by atoms with E-state index < -0.39 is 0 Å². The van der Waals surface area contributed by atoms with Gasteiger partial charge in [0.25, 0.3) is 11.8 Å². The highest BCUT2D eigenvalue weighted by Gasteiger charge is 2.38. The number of rotatable bonds is 7. The van der Waals surface area contributed by atoms with Crippen LogP contribution in [0.4, 0.5) is 0 Å². The number of carbonyl (C=O) groups excluding carboxylic acids is 2. The molecule has 0 saturated carbocycles. The van der Waals surface area contributed by atoms with E-state index in [1.165, 1.54) is 16.7 Å². The van der Waals surface area contributed by atoms with Crippen molar-refractivity contribution in [3.63, 3.8) is 0 Å². The molecule has 124 valence electrons. The highest BCUT2D eigenvalue weighted by atomic mass is 32.2. The van der Waals surface area contributed by atoms with Crippen LogP contribution in [0.5, 0.6) is 0 Å². The number of ether oxygens (including phenoxy) is 1. The number of aryl methyl sites for hydroxylation is 1. The van der Waals surface area contributed by atoms with Crippen LogP contribution in [0.3, 0.4) is 0 Å². The molecule has 0 saturated heterocycles. The third-order valence-corrected chi connectivity index (χ3v) is 4.48. The average Bonchev–Trinajstić information content (AvgIpc) is 2.73. The molecule has 5 heteroatoms. The summed E-state index contributed by atoms with van der Waals surface area (Å²) in [5, 5.41) is 0. The van der Waals surface area contributed by atoms with E-state index in [2.05, 4.69) is 0 Å². The van der Waals surface area contributed by atoms with Crippen molar-refractivity contribution < 1.29 is 14.3 Å². The summed E-state index contributed by atoms with van der Waals surface area (Å²) in [4.78, 5) is 27.2. The van der Waals surface area contributed by atoms with Gasteiger partial charge in [0, 0.05) is 0 Å². The van der Waals surface area contributed by atoms with E-state index in [4.69, 9.17) is 4.74 Å². The summed E-state index contributed by atoms with van der Waals surface area (Å²) >= 11 is 1.43. The molecule has 2 amide bonds. The highest BCUT2D eigenvalue weighted by Crippen LogP contribution is 2.35. The lowest BCUT2D eigenvalue weighted by molar-refractivity contribution is -0.137. The van der Waals surface area contributed by atoms with Crippen LogP contribution in [0.1, 0.15) is 31.9 Å². The second-order valence-electron chi connectivity index (χ2n) is 5.68. The van der Waals surface area contributed by atoms with Gasteiger partial charge >= 0.3 is 0 Å². The van der Waals surface area contributed by atoms with Crippen molar-refractivity contribution in [2.75, 3.05) is 18.9 Å². The zero-order chi connectivity index (χ0) is 17.0. The minimum atomic E-state index is -0.220. The zero-order valence-corrected chi connectivity index (χ0v) is 14.9. The van der Waals surface area contributed by atoms with Crippen LogP contribution in [0.15, 0.2) is 29.2 Å². The molecule has 0 fully saturated rings. The SMILES string of the molecule is CCSC1=C(c2ccc(C)cc2)C(=O)N(CCOC(C)C)C1=O. The first-order valence-electron chi connectivity index (χ1n) is 7.87. The van der Waals surface area contributed by atoms with Crippen LogP contribution in [-0.2, 0) is 14.3 Å². The molecule has 0 unspecified atom stereocenters. The van der Waals surface area contributed by atoms with E-state index in [-0.39, 0.29) is 17.9 Å². The number of thioether (sulfide) groups is 1. The molecule has 0 aliphatic carbocycles. The quantitative estimate of drug-likeness (QED) is 0.719. The Bertz CT molecular complexity index is 620. The van der Waals surface area contributed by atoms with Gasteiger partial charge in [0.1, 0.15) is 0 Å². The standard InChI is InChI=1S/C18H23NO3S/c1-5-23-16-15(14-8-6-13(4)7-9-14)17(20)19(18(16)21)10-11-22-12(2)3/h6-9,12H,5,10-11H2,1-4H3. The number of hydrogen-bond donors (Lipinski definition) is 0. The van der Waals surface area contributed by atoms with Gasteiger partial charge in [-0.25, -0.2) is 0 Å². The Labute approximate surface area is 141 Å². The second kappa shape index (κ2) is 7.79. The molecule has 0 bridgehead atoms. The van der Waals surface area contributed by atoms with E-state index in [1.807, 2.05) is 52.0 Å². The van der Waals surface area contributed by atoms with E-state index in [0.717, 1.165) is 16.9 Å². The van der Waals surface area contributed by atoms with Crippen LogP contribution in [0.25, 0.3) is 5.57 Å². The molecule has 0 radical (unpaired) electrons. The maximum Gasteiger partial charge on any atom is 0.268 e. The summed E-state index contributed by atoms with van der Waals surface area (Å²) < 4.78 is 5.48. The first-order chi connectivity index (χ1) is 11.0. The van der Waals surface area contributed by atoms with Crippen molar-refractivity contribution >= 4 is 29.1 Å². The Morgan fingerprint density at radius 3 is 2.35 bits per heavy atom. The Morgan fingerprint density at radius 2 is 1.78 bits per heavy atom. The van der Waals surface area contributed by atoms with Crippen LogP contribution < -0.4 is 0 Å². The molecule has 1 aromatic carbocycles. The minimum absolute atomic E-state index is 0.0804. The van der Waals surface area contributed by atoms with Crippen molar-refractivity contribution in [3.05, 3.63) is 40.3 Å². The molecule has 0 N–H and O–H groups in total. The summed E-state index contributed by atoms with van der Waals surface area (Å²) in [6, 6.07) is 7.72. The van der Waals surface area contributed by atoms with Crippen LogP contribution in [0.2, 0.25) is 0 Å². The molecule has 1 aliphatic heterocycles. The van der Waals surface area contributed by atoms with Crippen LogP contribution in [-0.4, -0.2) is 41.7 Å². The summed E-state index contributed by atoms with van der Waals surface area (Å²) in [7, 11) is 0. The summed E-state index contributed by atoms with van der Waals surface area (Å²) in [5.41, 5.74) is 2.45. The van der Waals surface area contributed by atoms with Gasteiger partial charge in [0.2, 0.25) is 0 Å². The first kappa shape index (κ1) is 17.8. The lowest BCUT2D eigenvalue weighted by Gasteiger charge is -2.16. The van der Waals surface area contributed by atoms with Crippen molar-refractivity contribution in [1.29, 1.82) is 0 Å². The summed E-state index contributed by atoms with van der Waals surface area (Å²) in [6.45, 7) is 8.49. The third-order valence-electron chi connectivity index (χ3n) is 3.52. The smallest absolute Gasteiger partial charge is 0.268 e. The molecule has 4 nitrogen and oxygen atoms in total. The van der Waals surface area contributed by atoms with E-state index >= 15 is 0 Å². The monoisotopic (exact) mass is 333 g/mol. The molecule has 0 aromatic heterocycles.